The number of carbonyl (C=O) groups is 3. The van der Waals surface area contributed by atoms with Crippen LogP contribution in [-0.4, -0.2) is 145 Å². The van der Waals surface area contributed by atoms with Gasteiger partial charge in [-0.25, -0.2) is 0 Å². The fraction of sp³-hybridized carbons (Fsp3) is 0.857. The van der Waals surface area contributed by atoms with Crippen molar-refractivity contribution >= 4 is 17.9 Å². The van der Waals surface area contributed by atoms with Gasteiger partial charge in [0.2, 0.25) is 0 Å². The SMILES string of the molecule is CC(C(=O)O)N1CCOCCN(C(C)C(=O)O)CCOCCN(C(C)C(=O)O)CCOCC1. The molecule has 1 heterocycles. The predicted molar refractivity (Wildman–Crippen MR) is 118 cm³/mol. The molecule has 0 bridgehead atoms. The van der Waals surface area contributed by atoms with Crippen molar-refractivity contribution < 1.29 is 43.9 Å². The standard InChI is InChI=1S/C21H39N3O9/c1-16(19(25)26)22-4-10-31-12-6-23(17(2)20(27)28)8-14-33-15-9-24(18(3)21(29)30)7-13-32-11-5-22/h16-18H,4-15H2,1-3H3,(H,25,26)(H,27,28)(H,29,30). The van der Waals surface area contributed by atoms with Gasteiger partial charge in [0.05, 0.1) is 39.6 Å². The molecule has 3 unspecified atom stereocenters. The van der Waals surface area contributed by atoms with E-state index in [0.717, 1.165) is 0 Å². The molecule has 1 aliphatic rings. The predicted octanol–water partition coefficient (Wildman–Crippen LogP) is -0.625. The van der Waals surface area contributed by atoms with Gasteiger partial charge < -0.3 is 29.5 Å². The molecule has 192 valence electrons. The molecule has 0 radical (unpaired) electrons. The molecule has 1 aliphatic heterocycles. The summed E-state index contributed by atoms with van der Waals surface area (Å²) in [7, 11) is 0. The molecule has 0 spiro atoms. The second-order valence-corrected chi connectivity index (χ2v) is 7.99. The molecule has 33 heavy (non-hydrogen) atoms. The quantitative estimate of drug-likeness (QED) is 0.447. The highest BCUT2D eigenvalue weighted by Crippen LogP contribution is 2.04. The fourth-order valence-electron chi connectivity index (χ4n) is 3.36. The Balaban J connectivity index is 2.82. The number of carboxylic acids is 3. The van der Waals surface area contributed by atoms with Crippen LogP contribution in [0.25, 0.3) is 0 Å². The van der Waals surface area contributed by atoms with E-state index >= 15 is 0 Å². The summed E-state index contributed by atoms with van der Waals surface area (Å²) in [6.07, 6.45) is 0. The van der Waals surface area contributed by atoms with Gasteiger partial charge in [-0.2, -0.15) is 0 Å². The van der Waals surface area contributed by atoms with Crippen molar-refractivity contribution in [1.82, 2.24) is 14.7 Å². The van der Waals surface area contributed by atoms with Gasteiger partial charge in [0.1, 0.15) is 18.1 Å². The molecule has 3 atom stereocenters. The summed E-state index contributed by atoms with van der Waals surface area (Å²) in [4.78, 5) is 39.5. The van der Waals surface area contributed by atoms with Crippen LogP contribution in [0.1, 0.15) is 20.8 Å². The fourth-order valence-corrected chi connectivity index (χ4v) is 3.36. The van der Waals surface area contributed by atoms with E-state index in [0.29, 0.717) is 78.9 Å². The maximum atomic E-state index is 11.4. The van der Waals surface area contributed by atoms with E-state index in [9.17, 15) is 29.7 Å². The number of hydrogen-bond donors (Lipinski definition) is 3. The number of carboxylic acid groups (broad SMARTS) is 3. The van der Waals surface area contributed by atoms with Crippen molar-refractivity contribution in [2.45, 2.75) is 38.9 Å². The van der Waals surface area contributed by atoms with Gasteiger partial charge in [-0.1, -0.05) is 0 Å². The Kier molecular flexibility index (Phi) is 14.1. The monoisotopic (exact) mass is 477 g/mol. The molecule has 1 saturated heterocycles. The van der Waals surface area contributed by atoms with E-state index in [-0.39, 0.29) is 0 Å². The number of nitrogens with zero attached hydrogens (tertiary/aromatic N) is 3. The van der Waals surface area contributed by atoms with Crippen molar-refractivity contribution in [2.75, 3.05) is 78.9 Å². The third kappa shape index (κ3) is 11.2. The Morgan fingerprint density at radius 1 is 0.515 bits per heavy atom. The molecule has 12 nitrogen and oxygen atoms in total. The average Bonchev–Trinajstić information content (AvgIpc) is 2.77. The molecule has 0 aromatic heterocycles. The Labute approximate surface area is 195 Å². The Hall–Kier alpha value is -1.83. The van der Waals surface area contributed by atoms with Crippen LogP contribution in [0.15, 0.2) is 0 Å². The van der Waals surface area contributed by atoms with E-state index < -0.39 is 36.0 Å². The summed E-state index contributed by atoms with van der Waals surface area (Å²) in [6.45, 7) is 8.90. The van der Waals surface area contributed by atoms with Crippen LogP contribution in [0.3, 0.4) is 0 Å². The first kappa shape index (κ1) is 29.2. The lowest BCUT2D eigenvalue weighted by Gasteiger charge is -2.29. The minimum atomic E-state index is -0.944. The first-order chi connectivity index (χ1) is 15.6. The second-order valence-electron chi connectivity index (χ2n) is 7.99. The van der Waals surface area contributed by atoms with Crippen molar-refractivity contribution in [2.24, 2.45) is 0 Å². The number of hydrogen-bond acceptors (Lipinski definition) is 9. The van der Waals surface area contributed by atoms with Gasteiger partial charge in [-0.3, -0.25) is 29.1 Å². The van der Waals surface area contributed by atoms with Crippen molar-refractivity contribution in [3.63, 3.8) is 0 Å². The Morgan fingerprint density at radius 3 is 0.848 bits per heavy atom. The molecule has 0 aromatic rings. The molecular weight excluding hydrogens is 438 g/mol. The Morgan fingerprint density at radius 2 is 0.697 bits per heavy atom. The molecule has 0 amide bonds. The van der Waals surface area contributed by atoms with Gasteiger partial charge in [0, 0.05) is 39.3 Å². The van der Waals surface area contributed by atoms with Crippen molar-refractivity contribution in [3.05, 3.63) is 0 Å². The molecule has 12 heteroatoms. The molecule has 0 aliphatic carbocycles. The van der Waals surface area contributed by atoms with Gasteiger partial charge in [0.15, 0.2) is 0 Å². The highest BCUT2D eigenvalue weighted by atomic mass is 16.5. The lowest BCUT2D eigenvalue weighted by atomic mass is 10.2. The third-order valence-electron chi connectivity index (χ3n) is 5.85. The zero-order valence-electron chi connectivity index (χ0n) is 19.9. The smallest absolute Gasteiger partial charge is 0.320 e. The van der Waals surface area contributed by atoms with E-state index in [1.54, 1.807) is 35.5 Å². The van der Waals surface area contributed by atoms with Crippen LogP contribution < -0.4 is 0 Å². The Bertz CT molecular complexity index is 509. The zero-order valence-corrected chi connectivity index (χ0v) is 19.9. The van der Waals surface area contributed by atoms with Crippen molar-refractivity contribution in [3.8, 4) is 0 Å². The third-order valence-corrected chi connectivity index (χ3v) is 5.85. The average molecular weight is 478 g/mol. The van der Waals surface area contributed by atoms with E-state index in [2.05, 4.69) is 0 Å². The normalized spacial score (nSPS) is 23.0. The summed E-state index contributed by atoms with van der Waals surface area (Å²) in [5.74, 6) is -2.83. The van der Waals surface area contributed by atoms with Gasteiger partial charge in [-0.05, 0) is 20.8 Å². The van der Waals surface area contributed by atoms with E-state index in [4.69, 9.17) is 14.2 Å². The maximum absolute atomic E-state index is 11.4. The first-order valence-corrected chi connectivity index (χ1v) is 11.3. The summed E-state index contributed by atoms with van der Waals surface area (Å²) in [6, 6.07) is -2.15. The number of aliphatic carboxylic acids is 3. The highest BCUT2D eigenvalue weighted by Gasteiger charge is 2.23. The maximum Gasteiger partial charge on any atom is 0.320 e. The van der Waals surface area contributed by atoms with Crippen LogP contribution in [-0.2, 0) is 28.6 Å². The largest absolute Gasteiger partial charge is 0.480 e. The molecule has 0 aromatic carbocycles. The lowest BCUT2D eigenvalue weighted by Crippen LogP contribution is -2.45. The molecule has 1 rings (SSSR count). The summed E-state index contributed by atoms with van der Waals surface area (Å²) in [5.41, 5.74) is 0. The molecule has 0 saturated carbocycles. The minimum Gasteiger partial charge on any atom is -0.480 e. The van der Waals surface area contributed by atoms with Crippen LogP contribution in [0.5, 0.6) is 0 Å². The van der Waals surface area contributed by atoms with Crippen molar-refractivity contribution in [1.29, 1.82) is 0 Å². The summed E-state index contributed by atoms with van der Waals surface area (Å²) < 4.78 is 16.9. The van der Waals surface area contributed by atoms with Crippen LogP contribution in [0.4, 0.5) is 0 Å². The lowest BCUT2D eigenvalue weighted by molar-refractivity contribution is -0.143. The number of ether oxygens (including phenoxy) is 3. The van der Waals surface area contributed by atoms with E-state index in [1.165, 1.54) is 0 Å². The van der Waals surface area contributed by atoms with Gasteiger partial charge >= 0.3 is 17.9 Å². The zero-order chi connectivity index (χ0) is 24.8. The topological polar surface area (TPSA) is 149 Å². The molecule has 3 N–H and O–H groups in total. The number of rotatable bonds is 6. The second kappa shape index (κ2) is 15.9. The first-order valence-electron chi connectivity index (χ1n) is 11.3. The molecule has 1 fully saturated rings. The summed E-state index contributed by atoms with van der Waals surface area (Å²) >= 11 is 0. The summed E-state index contributed by atoms with van der Waals surface area (Å²) in [5, 5.41) is 28.1. The van der Waals surface area contributed by atoms with Crippen LogP contribution >= 0.6 is 0 Å². The highest BCUT2D eigenvalue weighted by molar-refractivity contribution is 5.73. The van der Waals surface area contributed by atoms with Crippen LogP contribution in [0, 0.1) is 0 Å². The van der Waals surface area contributed by atoms with Crippen LogP contribution in [0.2, 0.25) is 0 Å². The van der Waals surface area contributed by atoms with Gasteiger partial charge in [0.25, 0.3) is 0 Å². The van der Waals surface area contributed by atoms with Gasteiger partial charge in [-0.15, -0.1) is 0 Å². The molecular formula is C21H39N3O9. The van der Waals surface area contributed by atoms with E-state index in [1.807, 2.05) is 0 Å². The minimum absolute atomic E-state index is 0.299.